The van der Waals surface area contributed by atoms with E-state index in [1.165, 1.54) is 5.56 Å². The van der Waals surface area contributed by atoms with E-state index in [-0.39, 0.29) is 0 Å². The van der Waals surface area contributed by atoms with Crippen LogP contribution in [0, 0.1) is 0 Å². The quantitative estimate of drug-likeness (QED) is 0.692. The lowest BCUT2D eigenvalue weighted by molar-refractivity contribution is -0.00271. The van der Waals surface area contributed by atoms with Crippen LogP contribution in [0.4, 0.5) is 0 Å². The van der Waals surface area contributed by atoms with Crippen LogP contribution in [0.5, 0.6) is 0 Å². The molecule has 80 valence electrons. The predicted octanol–water partition coefficient (Wildman–Crippen LogP) is 3.05. The van der Waals surface area contributed by atoms with Gasteiger partial charge in [-0.15, -0.1) is 0 Å². The van der Waals surface area contributed by atoms with Gasteiger partial charge in [0.05, 0.1) is 0 Å². The van der Waals surface area contributed by atoms with Crippen molar-refractivity contribution >= 4 is 0 Å². The van der Waals surface area contributed by atoms with Crippen LogP contribution in [0.15, 0.2) is 30.3 Å². The Morgan fingerprint density at radius 2 is 1.50 bits per heavy atom. The molecule has 0 fully saturated rings. The van der Waals surface area contributed by atoms with Crippen LogP contribution in [0.1, 0.15) is 25.3 Å². The second-order valence-electron chi connectivity index (χ2n) is 3.26. The third-order valence-corrected chi connectivity index (χ3v) is 1.70. The van der Waals surface area contributed by atoms with Gasteiger partial charge < -0.3 is 9.47 Å². The summed E-state index contributed by atoms with van der Waals surface area (Å²) in [4.78, 5) is 0. The normalized spacial score (nSPS) is 9.50. The van der Waals surface area contributed by atoms with Gasteiger partial charge in [0.25, 0.3) is 0 Å². The summed E-state index contributed by atoms with van der Waals surface area (Å²) in [6.45, 7) is 4.80. The average molecular weight is 196 g/mol. The minimum Gasteiger partial charge on any atom is -0.359 e. The molecule has 0 aliphatic heterocycles. The molecule has 2 nitrogen and oxygen atoms in total. The summed E-state index contributed by atoms with van der Waals surface area (Å²) in [6, 6.07) is 10.5. The summed E-state index contributed by atoms with van der Waals surface area (Å²) in [5.74, 6) is 0.659. The van der Waals surface area contributed by atoms with Gasteiger partial charge in [0.2, 0.25) is 0 Å². The molecule has 1 aromatic carbocycles. The van der Waals surface area contributed by atoms with Crippen molar-refractivity contribution in [1.82, 2.24) is 0 Å². The summed E-state index contributed by atoms with van der Waals surface area (Å²) in [5, 5.41) is 0. The molecule has 0 radical (unpaired) electrons. The second-order valence-corrected chi connectivity index (χ2v) is 3.26. The van der Waals surface area contributed by atoms with E-state index in [2.05, 4.69) is 47.6 Å². The van der Waals surface area contributed by atoms with E-state index in [0.29, 0.717) is 12.7 Å². The van der Waals surface area contributed by atoms with E-state index in [4.69, 9.17) is 0 Å². The first kappa shape index (κ1) is 13.1. The second kappa shape index (κ2) is 8.73. The topological polar surface area (TPSA) is 18.5 Å². The Labute approximate surface area is 86.9 Å². The first-order chi connectivity index (χ1) is 6.72. The number of hydrogen-bond acceptors (Lipinski definition) is 2. The van der Waals surface area contributed by atoms with Crippen LogP contribution in [0.25, 0.3) is 0 Å². The van der Waals surface area contributed by atoms with E-state index in [0.717, 1.165) is 0 Å². The summed E-state index contributed by atoms with van der Waals surface area (Å²) >= 11 is 0. The van der Waals surface area contributed by atoms with E-state index in [9.17, 15) is 0 Å². The molecule has 1 rings (SSSR count). The van der Waals surface area contributed by atoms with Gasteiger partial charge >= 0.3 is 0 Å². The molecule has 0 heterocycles. The molecule has 0 N–H and O–H groups in total. The smallest absolute Gasteiger partial charge is 0.145 e. The van der Waals surface area contributed by atoms with Crippen molar-refractivity contribution in [1.29, 1.82) is 0 Å². The van der Waals surface area contributed by atoms with Crippen LogP contribution in [0.2, 0.25) is 0 Å². The zero-order chi connectivity index (χ0) is 10.8. The van der Waals surface area contributed by atoms with Crippen molar-refractivity contribution in [2.24, 2.45) is 0 Å². The highest BCUT2D eigenvalue weighted by molar-refractivity contribution is 5.17. The van der Waals surface area contributed by atoms with Crippen molar-refractivity contribution in [2.45, 2.75) is 19.8 Å². The van der Waals surface area contributed by atoms with Gasteiger partial charge in [0.1, 0.15) is 6.79 Å². The lowest BCUT2D eigenvalue weighted by atomic mass is 10.0. The van der Waals surface area contributed by atoms with Crippen molar-refractivity contribution in [3.63, 3.8) is 0 Å². The zero-order valence-corrected chi connectivity index (χ0v) is 9.49. The minimum atomic E-state index is 0.389. The molecule has 0 bridgehead atoms. The first-order valence-corrected chi connectivity index (χ1v) is 4.75. The highest BCUT2D eigenvalue weighted by Crippen LogP contribution is 2.11. The van der Waals surface area contributed by atoms with Crippen LogP contribution >= 0.6 is 0 Å². The first-order valence-electron chi connectivity index (χ1n) is 4.75. The van der Waals surface area contributed by atoms with Gasteiger partial charge in [-0.2, -0.15) is 0 Å². The molecule has 2 heteroatoms. The Morgan fingerprint density at radius 1 is 1.00 bits per heavy atom. The zero-order valence-electron chi connectivity index (χ0n) is 9.49. The maximum absolute atomic E-state index is 4.47. The summed E-state index contributed by atoms with van der Waals surface area (Å²) in [6.07, 6.45) is 0. The van der Waals surface area contributed by atoms with Gasteiger partial charge in [-0.25, -0.2) is 0 Å². The molecule has 1 aromatic rings. The third kappa shape index (κ3) is 6.63. The Hall–Kier alpha value is -0.860. The van der Waals surface area contributed by atoms with Gasteiger partial charge in [-0.3, -0.25) is 0 Å². The number of ether oxygens (including phenoxy) is 2. The molecule has 0 atom stereocenters. The molecule has 0 saturated heterocycles. The van der Waals surface area contributed by atoms with Crippen molar-refractivity contribution in [3.8, 4) is 0 Å². The maximum atomic E-state index is 4.47. The van der Waals surface area contributed by atoms with Gasteiger partial charge in [-0.1, -0.05) is 44.2 Å². The monoisotopic (exact) mass is 196 g/mol. The molecule has 0 aromatic heterocycles. The van der Waals surface area contributed by atoms with Crippen molar-refractivity contribution < 1.29 is 9.47 Å². The molecule has 14 heavy (non-hydrogen) atoms. The standard InChI is InChI=1S/C9H12.C3H8O2/c1-8(2)9-6-4-3-5-7-9;1-4-3-5-2/h3-8H,1-2H3;3H2,1-2H3. The SMILES string of the molecule is CC(C)c1ccccc1.COCOC. The Morgan fingerprint density at radius 3 is 1.71 bits per heavy atom. The Bertz CT molecular complexity index is 205. The minimum absolute atomic E-state index is 0.389. The van der Waals surface area contributed by atoms with E-state index in [1.807, 2.05) is 6.07 Å². The Balaban J connectivity index is 0.000000292. The highest BCUT2D eigenvalue weighted by atomic mass is 16.6. The molecular formula is C12H20O2. The van der Waals surface area contributed by atoms with Crippen molar-refractivity contribution in [2.75, 3.05) is 21.0 Å². The summed E-state index contributed by atoms with van der Waals surface area (Å²) < 4.78 is 8.94. The highest BCUT2D eigenvalue weighted by Gasteiger charge is 1.93. The van der Waals surface area contributed by atoms with Gasteiger partial charge in [0.15, 0.2) is 0 Å². The van der Waals surface area contributed by atoms with E-state index >= 15 is 0 Å². The predicted molar refractivity (Wildman–Crippen MR) is 59.4 cm³/mol. The maximum Gasteiger partial charge on any atom is 0.145 e. The average Bonchev–Trinajstić information content (AvgIpc) is 2.21. The van der Waals surface area contributed by atoms with Crippen molar-refractivity contribution in [3.05, 3.63) is 35.9 Å². The third-order valence-electron chi connectivity index (χ3n) is 1.70. The Kier molecular flexibility index (Phi) is 8.19. The van der Waals surface area contributed by atoms with E-state index in [1.54, 1.807) is 14.2 Å². The van der Waals surface area contributed by atoms with Gasteiger partial charge in [0, 0.05) is 14.2 Å². The van der Waals surface area contributed by atoms with Crippen LogP contribution in [-0.4, -0.2) is 21.0 Å². The molecule has 0 aliphatic carbocycles. The lowest BCUT2D eigenvalue weighted by Crippen LogP contribution is -1.87. The molecule has 0 aliphatic rings. The molecule has 0 saturated carbocycles. The fourth-order valence-electron chi connectivity index (χ4n) is 0.956. The molecule has 0 spiro atoms. The van der Waals surface area contributed by atoms with Crippen LogP contribution < -0.4 is 0 Å². The number of hydrogen-bond donors (Lipinski definition) is 0. The lowest BCUT2D eigenvalue weighted by Gasteiger charge is -2.01. The van der Waals surface area contributed by atoms with Crippen LogP contribution in [0.3, 0.4) is 0 Å². The molecule has 0 unspecified atom stereocenters. The summed E-state index contributed by atoms with van der Waals surface area (Å²) in [7, 11) is 3.17. The number of benzene rings is 1. The number of rotatable bonds is 3. The van der Waals surface area contributed by atoms with E-state index < -0.39 is 0 Å². The fourth-order valence-corrected chi connectivity index (χ4v) is 0.956. The van der Waals surface area contributed by atoms with Crippen LogP contribution in [-0.2, 0) is 9.47 Å². The van der Waals surface area contributed by atoms with Gasteiger partial charge in [-0.05, 0) is 11.5 Å². The summed E-state index contributed by atoms with van der Waals surface area (Å²) in [5.41, 5.74) is 1.41. The number of methoxy groups -OCH3 is 2. The molecule has 0 amide bonds. The molecular weight excluding hydrogens is 176 g/mol. The largest absolute Gasteiger partial charge is 0.359 e. The fraction of sp³-hybridized carbons (Fsp3) is 0.500.